The van der Waals surface area contributed by atoms with Gasteiger partial charge in [0.15, 0.2) is 0 Å². The maximum absolute atomic E-state index is 11.3. The van der Waals surface area contributed by atoms with Crippen LogP contribution in [-0.4, -0.2) is 20.5 Å². The van der Waals surface area contributed by atoms with Gasteiger partial charge in [-0.3, -0.25) is 4.79 Å². The average Bonchev–Trinajstić information content (AvgIpc) is 2.65. The summed E-state index contributed by atoms with van der Waals surface area (Å²) < 4.78 is 1.93. The van der Waals surface area contributed by atoms with Crippen LogP contribution < -0.4 is 0 Å². The number of rotatable bonds is 3. The van der Waals surface area contributed by atoms with Crippen molar-refractivity contribution >= 4 is 11.6 Å². The lowest BCUT2D eigenvalue weighted by Gasteiger charge is -2.37. The van der Waals surface area contributed by atoms with E-state index in [0.717, 1.165) is 30.6 Å². The van der Waals surface area contributed by atoms with Crippen molar-refractivity contribution in [1.29, 1.82) is 0 Å². The summed E-state index contributed by atoms with van der Waals surface area (Å²) in [6.45, 7) is 0. The van der Waals surface area contributed by atoms with Gasteiger partial charge in [-0.1, -0.05) is 12.5 Å². The van der Waals surface area contributed by atoms with Gasteiger partial charge in [0.05, 0.1) is 11.1 Å². The molecule has 2 aromatic heterocycles. The van der Waals surface area contributed by atoms with Crippen LogP contribution in [0.2, 0.25) is 0 Å². The molecule has 2 aromatic rings. The SMILES string of the molecule is O=C(O)C1(Cc2cn3ccccc3n2)CCC1. The van der Waals surface area contributed by atoms with Gasteiger partial charge in [0, 0.05) is 18.8 Å². The molecule has 2 heterocycles. The lowest BCUT2D eigenvalue weighted by Crippen LogP contribution is -2.39. The van der Waals surface area contributed by atoms with E-state index in [0.29, 0.717) is 6.42 Å². The second-order valence-corrected chi connectivity index (χ2v) is 4.81. The van der Waals surface area contributed by atoms with Gasteiger partial charge < -0.3 is 9.51 Å². The molecule has 1 N–H and O–H groups in total. The fraction of sp³-hybridized carbons (Fsp3) is 0.385. The normalized spacial score (nSPS) is 17.9. The van der Waals surface area contributed by atoms with Crippen LogP contribution in [0.15, 0.2) is 30.6 Å². The number of carboxylic acid groups (broad SMARTS) is 1. The molecule has 88 valence electrons. The van der Waals surface area contributed by atoms with E-state index in [-0.39, 0.29) is 0 Å². The highest BCUT2D eigenvalue weighted by molar-refractivity contribution is 5.76. The van der Waals surface area contributed by atoms with Gasteiger partial charge in [-0.2, -0.15) is 0 Å². The molecule has 0 bridgehead atoms. The Morgan fingerprint density at radius 1 is 1.47 bits per heavy atom. The molecular formula is C13H14N2O2. The minimum Gasteiger partial charge on any atom is -0.481 e. The van der Waals surface area contributed by atoms with E-state index in [9.17, 15) is 9.90 Å². The monoisotopic (exact) mass is 230 g/mol. The standard InChI is InChI=1S/C13H14N2O2/c16-12(17)13(5-3-6-13)8-10-9-15-7-2-1-4-11(15)14-10/h1-2,4,7,9H,3,5-6,8H2,(H,16,17). The fourth-order valence-electron chi connectivity index (χ4n) is 2.49. The van der Waals surface area contributed by atoms with Crippen molar-refractivity contribution in [2.24, 2.45) is 5.41 Å². The maximum Gasteiger partial charge on any atom is 0.310 e. The molecule has 1 fully saturated rings. The molecule has 0 radical (unpaired) electrons. The fourth-order valence-corrected chi connectivity index (χ4v) is 2.49. The third kappa shape index (κ3) is 1.60. The van der Waals surface area contributed by atoms with Gasteiger partial charge in [0.2, 0.25) is 0 Å². The van der Waals surface area contributed by atoms with Crippen molar-refractivity contribution in [3.8, 4) is 0 Å². The van der Waals surface area contributed by atoms with Gasteiger partial charge in [-0.25, -0.2) is 4.98 Å². The second kappa shape index (κ2) is 3.58. The third-order valence-electron chi connectivity index (χ3n) is 3.70. The van der Waals surface area contributed by atoms with Gasteiger partial charge in [0.1, 0.15) is 5.65 Å². The Labute approximate surface area is 98.9 Å². The molecule has 0 atom stereocenters. The summed E-state index contributed by atoms with van der Waals surface area (Å²) >= 11 is 0. The first-order valence-corrected chi connectivity index (χ1v) is 5.86. The molecule has 0 aliphatic heterocycles. The first-order valence-electron chi connectivity index (χ1n) is 5.86. The van der Waals surface area contributed by atoms with Crippen LogP contribution in [-0.2, 0) is 11.2 Å². The zero-order valence-electron chi connectivity index (χ0n) is 9.47. The van der Waals surface area contributed by atoms with Gasteiger partial charge >= 0.3 is 5.97 Å². The van der Waals surface area contributed by atoms with Crippen LogP contribution in [0.25, 0.3) is 5.65 Å². The topological polar surface area (TPSA) is 54.6 Å². The smallest absolute Gasteiger partial charge is 0.310 e. The Balaban J connectivity index is 1.92. The summed E-state index contributed by atoms with van der Waals surface area (Å²) in [5, 5.41) is 9.29. The Bertz CT molecular complexity index is 537. The number of carbonyl (C=O) groups is 1. The molecule has 1 aliphatic rings. The largest absolute Gasteiger partial charge is 0.481 e. The van der Waals surface area contributed by atoms with Gasteiger partial charge in [-0.15, -0.1) is 0 Å². The number of carboxylic acids is 1. The van der Waals surface area contributed by atoms with E-state index in [1.54, 1.807) is 0 Å². The van der Waals surface area contributed by atoms with Crippen molar-refractivity contribution in [1.82, 2.24) is 9.38 Å². The van der Waals surface area contributed by atoms with E-state index in [2.05, 4.69) is 4.98 Å². The predicted octanol–water partition coefficient (Wildman–Crippen LogP) is 2.13. The molecule has 0 aromatic carbocycles. The molecule has 1 aliphatic carbocycles. The van der Waals surface area contributed by atoms with Crippen LogP contribution in [0.3, 0.4) is 0 Å². The average molecular weight is 230 g/mol. The van der Waals surface area contributed by atoms with Crippen LogP contribution in [0.4, 0.5) is 0 Å². The predicted molar refractivity (Wildman–Crippen MR) is 62.8 cm³/mol. The number of hydrogen-bond donors (Lipinski definition) is 1. The zero-order valence-corrected chi connectivity index (χ0v) is 9.47. The lowest BCUT2D eigenvalue weighted by molar-refractivity contribution is -0.154. The number of imidazole rings is 1. The first-order chi connectivity index (χ1) is 8.20. The lowest BCUT2D eigenvalue weighted by atomic mass is 9.66. The van der Waals surface area contributed by atoms with Crippen molar-refractivity contribution in [3.05, 3.63) is 36.3 Å². The van der Waals surface area contributed by atoms with Gasteiger partial charge in [0.25, 0.3) is 0 Å². The van der Waals surface area contributed by atoms with Crippen LogP contribution in [0.5, 0.6) is 0 Å². The number of hydrogen-bond acceptors (Lipinski definition) is 2. The molecule has 0 spiro atoms. The van der Waals surface area contributed by atoms with E-state index in [1.807, 2.05) is 35.0 Å². The molecule has 3 rings (SSSR count). The maximum atomic E-state index is 11.3. The minimum absolute atomic E-state index is 0.546. The number of pyridine rings is 1. The molecule has 0 saturated heterocycles. The molecule has 4 nitrogen and oxygen atoms in total. The van der Waals surface area contributed by atoms with E-state index < -0.39 is 11.4 Å². The van der Waals surface area contributed by atoms with Crippen molar-refractivity contribution in [2.75, 3.05) is 0 Å². The first kappa shape index (κ1) is 10.3. The molecule has 17 heavy (non-hydrogen) atoms. The Morgan fingerprint density at radius 2 is 2.29 bits per heavy atom. The van der Waals surface area contributed by atoms with Crippen molar-refractivity contribution < 1.29 is 9.90 Å². The Kier molecular flexibility index (Phi) is 2.18. The quantitative estimate of drug-likeness (QED) is 0.878. The Morgan fingerprint density at radius 3 is 2.88 bits per heavy atom. The van der Waals surface area contributed by atoms with E-state index in [1.165, 1.54) is 0 Å². The number of aromatic nitrogens is 2. The molecule has 4 heteroatoms. The van der Waals surface area contributed by atoms with Crippen molar-refractivity contribution in [2.45, 2.75) is 25.7 Å². The van der Waals surface area contributed by atoms with Crippen LogP contribution in [0.1, 0.15) is 25.0 Å². The second-order valence-electron chi connectivity index (χ2n) is 4.81. The van der Waals surface area contributed by atoms with Gasteiger partial charge in [-0.05, 0) is 25.0 Å². The molecular weight excluding hydrogens is 216 g/mol. The Hall–Kier alpha value is -1.84. The summed E-state index contributed by atoms with van der Waals surface area (Å²) in [7, 11) is 0. The molecule has 1 saturated carbocycles. The highest BCUT2D eigenvalue weighted by Crippen LogP contribution is 2.43. The third-order valence-corrected chi connectivity index (χ3v) is 3.70. The van der Waals surface area contributed by atoms with Crippen LogP contribution in [0, 0.1) is 5.41 Å². The summed E-state index contributed by atoms with van der Waals surface area (Å²) in [4.78, 5) is 15.8. The molecule has 0 amide bonds. The van der Waals surface area contributed by atoms with Crippen molar-refractivity contribution in [3.63, 3.8) is 0 Å². The zero-order chi connectivity index (χ0) is 11.9. The summed E-state index contributed by atoms with van der Waals surface area (Å²) in [6, 6.07) is 5.80. The van der Waals surface area contributed by atoms with E-state index in [4.69, 9.17) is 0 Å². The number of aliphatic carboxylic acids is 1. The van der Waals surface area contributed by atoms with E-state index >= 15 is 0 Å². The molecule has 0 unspecified atom stereocenters. The summed E-state index contributed by atoms with van der Waals surface area (Å²) in [6.07, 6.45) is 6.97. The van der Waals surface area contributed by atoms with Crippen LogP contribution >= 0.6 is 0 Å². The summed E-state index contributed by atoms with van der Waals surface area (Å²) in [5.74, 6) is -0.680. The number of nitrogens with zero attached hydrogens (tertiary/aromatic N) is 2. The summed E-state index contributed by atoms with van der Waals surface area (Å²) in [5.41, 5.74) is 1.19. The highest BCUT2D eigenvalue weighted by Gasteiger charge is 2.44. The highest BCUT2D eigenvalue weighted by atomic mass is 16.4. The minimum atomic E-state index is -0.680. The number of fused-ring (bicyclic) bond motifs is 1.